The van der Waals surface area contributed by atoms with Crippen LogP contribution in [0.5, 0.6) is 5.19 Å². The van der Waals surface area contributed by atoms with Crippen molar-refractivity contribution in [3.05, 3.63) is 10.0 Å². The summed E-state index contributed by atoms with van der Waals surface area (Å²) < 4.78 is 64.3. The van der Waals surface area contributed by atoms with E-state index in [9.17, 15) is 26.7 Å². The molecule has 1 aromatic heterocycles. The number of nitrogens with zero attached hydrogens (tertiary/aromatic N) is 1. The van der Waals surface area contributed by atoms with Gasteiger partial charge in [0.2, 0.25) is 0 Å². The second kappa shape index (κ2) is 4.73. The van der Waals surface area contributed by atoms with Crippen molar-refractivity contribution in [3.63, 3.8) is 0 Å². The first-order chi connectivity index (χ1) is 7.67. The highest BCUT2D eigenvalue weighted by Crippen LogP contribution is 2.36. The molecule has 0 radical (unpaired) electrons. The summed E-state index contributed by atoms with van der Waals surface area (Å²) in [5.41, 5.74) is 0. The number of ether oxygens (including phenoxy) is 1. The van der Waals surface area contributed by atoms with Gasteiger partial charge in [0.1, 0.15) is 4.88 Å². The zero-order chi connectivity index (χ0) is 13.3. The summed E-state index contributed by atoms with van der Waals surface area (Å²) in [4.78, 5) is 13.5. The van der Waals surface area contributed by atoms with Crippen LogP contribution in [0.4, 0.5) is 22.0 Å². The quantitative estimate of drug-likeness (QED) is 0.632. The van der Waals surface area contributed by atoms with E-state index in [4.69, 9.17) is 11.6 Å². The molecule has 10 heteroatoms. The molecule has 0 aliphatic carbocycles. The third-order valence-corrected chi connectivity index (χ3v) is 2.78. The van der Waals surface area contributed by atoms with Crippen molar-refractivity contribution in [3.8, 4) is 5.19 Å². The fourth-order valence-corrected chi connectivity index (χ4v) is 1.57. The molecular weight excluding hydrogens is 293 g/mol. The van der Waals surface area contributed by atoms with E-state index in [1.807, 2.05) is 0 Å². The van der Waals surface area contributed by atoms with Crippen LogP contribution in [0.15, 0.2) is 0 Å². The molecule has 0 N–H and O–H groups in total. The molecule has 1 rings (SSSR count). The molecule has 0 unspecified atom stereocenters. The first-order valence-corrected chi connectivity index (χ1v) is 5.05. The van der Waals surface area contributed by atoms with E-state index in [1.54, 1.807) is 0 Å². The Balaban J connectivity index is 2.70. The van der Waals surface area contributed by atoms with Crippen molar-refractivity contribution in [1.29, 1.82) is 0 Å². The molecule has 0 aliphatic rings. The summed E-state index contributed by atoms with van der Waals surface area (Å²) in [6, 6.07) is 0. The fourth-order valence-electron chi connectivity index (χ4n) is 0.663. The summed E-state index contributed by atoms with van der Waals surface area (Å²) in [5, 5.41) is -0.837. The summed E-state index contributed by atoms with van der Waals surface area (Å²) in [7, 11) is 0. The Bertz CT molecular complexity index is 419. The van der Waals surface area contributed by atoms with Crippen molar-refractivity contribution >= 4 is 29.2 Å². The van der Waals surface area contributed by atoms with Crippen LogP contribution in [0.2, 0.25) is 5.15 Å². The summed E-state index contributed by atoms with van der Waals surface area (Å²) in [5.74, 6) is -4.99. The Morgan fingerprint density at radius 3 is 2.35 bits per heavy atom. The average Bonchev–Trinajstić information content (AvgIpc) is 2.54. The maximum atomic E-state index is 12.4. The van der Waals surface area contributed by atoms with Gasteiger partial charge in [-0.25, -0.2) is 0 Å². The highest BCUT2D eigenvalue weighted by atomic mass is 35.5. The van der Waals surface area contributed by atoms with Gasteiger partial charge in [-0.05, 0) is 0 Å². The van der Waals surface area contributed by atoms with Crippen molar-refractivity contribution in [2.75, 3.05) is 6.61 Å². The van der Waals surface area contributed by atoms with Gasteiger partial charge in [-0.1, -0.05) is 22.9 Å². The molecule has 1 aromatic rings. The normalized spacial score (nSPS) is 12.6. The molecule has 3 nitrogen and oxygen atoms in total. The van der Waals surface area contributed by atoms with Crippen LogP contribution in [-0.4, -0.2) is 30.0 Å². The molecule has 0 aliphatic heterocycles. The van der Waals surface area contributed by atoms with Gasteiger partial charge in [0.15, 0.2) is 18.0 Å². The van der Waals surface area contributed by atoms with Gasteiger partial charge in [0.25, 0.3) is 5.19 Å². The zero-order valence-electron chi connectivity index (χ0n) is 7.72. The number of aldehydes is 1. The van der Waals surface area contributed by atoms with Gasteiger partial charge in [0.05, 0.1) is 0 Å². The van der Waals surface area contributed by atoms with Crippen LogP contribution < -0.4 is 4.74 Å². The Hall–Kier alpha value is -0.960. The fraction of sp³-hybridized carbons (Fsp3) is 0.429. The van der Waals surface area contributed by atoms with Crippen LogP contribution in [0.1, 0.15) is 9.67 Å². The third-order valence-electron chi connectivity index (χ3n) is 1.49. The van der Waals surface area contributed by atoms with Gasteiger partial charge >= 0.3 is 12.1 Å². The minimum absolute atomic E-state index is 0.114. The van der Waals surface area contributed by atoms with Crippen LogP contribution >= 0.6 is 22.9 Å². The first-order valence-electron chi connectivity index (χ1n) is 3.86. The van der Waals surface area contributed by atoms with E-state index in [0.717, 1.165) is 0 Å². The molecule has 0 amide bonds. The predicted octanol–water partition coefficient (Wildman–Crippen LogP) is 3.19. The molecule has 17 heavy (non-hydrogen) atoms. The summed E-state index contributed by atoms with van der Waals surface area (Å²) in [6.45, 7) is -1.92. The number of hydrogen-bond donors (Lipinski definition) is 0. The topological polar surface area (TPSA) is 39.2 Å². The molecule has 1 heterocycles. The zero-order valence-corrected chi connectivity index (χ0v) is 9.30. The van der Waals surface area contributed by atoms with E-state index in [1.165, 1.54) is 0 Å². The van der Waals surface area contributed by atoms with E-state index in [-0.39, 0.29) is 16.3 Å². The van der Waals surface area contributed by atoms with Crippen molar-refractivity contribution in [2.24, 2.45) is 0 Å². The smallest absolute Gasteiger partial charge is 0.456 e. The second-order valence-electron chi connectivity index (χ2n) is 2.74. The van der Waals surface area contributed by atoms with Gasteiger partial charge < -0.3 is 4.74 Å². The van der Waals surface area contributed by atoms with E-state index < -0.39 is 23.9 Å². The molecule has 0 aromatic carbocycles. The molecule has 96 valence electrons. The number of aromatic nitrogens is 1. The first kappa shape index (κ1) is 14.1. The Labute approximate surface area is 100 Å². The van der Waals surface area contributed by atoms with Crippen LogP contribution in [0, 0.1) is 0 Å². The van der Waals surface area contributed by atoms with Gasteiger partial charge in [-0.2, -0.15) is 26.9 Å². The third kappa shape index (κ3) is 3.25. The van der Waals surface area contributed by atoms with E-state index in [2.05, 4.69) is 9.72 Å². The number of alkyl halides is 5. The van der Waals surface area contributed by atoms with Gasteiger partial charge in [-0.3, -0.25) is 4.79 Å². The van der Waals surface area contributed by atoms with E-state index in [0.29, 0.717) is 11.3 Å². The number of thiazole rings is 1. The molecular formula is C7H3ClF5NO2S. The molecule has 0 saturated carbocycles. The number of halogens is 6. The van der Waals surface area contributed by atoms with Gasteiger partial charge in [-0.15, -0.1) is 0 Å². The van der Waals surface area contributed by atoms with E-state index >= 15 is 0 Å². The summed E-state index contributed by atoms with van der Waals surface area (Å²) in [6.07, 6.45) is -5.42. The number of rotatable bonds is 4. The molecule has 0 atom stereocenters. The van der Waals surface area contributed by atoms with Crippen molar-refractivity contribution in [1.82, 2.24) is 4.98 Å². The maximum absolute atomic E-state index is 12.4. The lowest BCUT2D eigenvalue weighted by Gasteiger charge is -2.18. The van der Waals surface area contributed by atoms with Crippen molar-refractivity contribution in [2.45, 2.75) is 12.1 Å². The predicted molar refractivity (Wildman–Crippen MR) is 49.0 cm³/mol. The highest BCUT2D eigenvalue weighted by molar-refractivity contribution is 7.15. The van der Waals surface area contributed by atoms with Crippen molar-refractivity contribution < 1.29 is 31.5 Å². The average molecular weight is 296 g/mol. The Morgan fingerprint density at radius 1 is 1.35 bits per heavy atom. The number of carbonyl (C=O) groups is 1. The minimum atomic E-state index is -5.71. The lowest BCUT2D eigenvalue weighted by molar-refractivity contribution is -0.290. The lowest BCUT2D eigenvalue weighted by atomic mass is 10.3. The largest absolute Gasteiger partial charge is 0.463 e. The van der Waals surface area contributed by atoms with Crippen LogP contribution in [-0.2, 0) is 0 Å². The monoisotopic (exact) mass is 295 g/mol. The second-order valence-corrected chi connectivity index (χ2v) is 4.09. The van der Waals surface area contributed by atoms with Gasteiger partial charge in [0, 0.05) is 0 Å². The Morgan fingerprint density at radius 2 is 1.94 bits per heavy atom. The standard InChI is InChI=1S/C7H3ClF5NO2S/c8-4-3(1-15)17-5(14-4)16-2-6(9,10)7(11,12)13/h1H,2H2. The lowest BCUT2D eigenvalue weighted by Crippen LogP contribution is -2.41. The molecule has 0 bridgehead atoms. The highest BCUT2D eigenvalue weighted by Gasteiger charge is 2.58. The Kier molecular flexibility index (Phi) is 3.92. The summed E-state index contributed by atoms with van der Waals surface area (Å²) >= 11 is 5.84. The number of hydrogen-bond acceptors (Lipinski definition) is 4. The molecule has 0 saturated heterocycles. The molecule has 0 fully saturated rings. The molecule has 0 spiro atoms. The van der Waals surface area contributed by atoms with Crippen LogP contribution in [0.25, 0.3) is 0 Å². The minimum Gasteiger partial charge on any atom is -0.463 e. The maximum Gasteiger partial charge on any atom is 0.456 e. The SMILES string of the molecule is O=Cc1sc(OCC(F)(F)C(F)(F)F)nc1Cl. The number of carbonyl (C=O) groups excluding carboxylic acids is 1. The van der Waals surface area contributed by atoms with Crippen LogP contribution in [0.3, 0.4) is 0 Å².